The van der Waals surface area contributed by atoms with Crippen molar-refractivity contribution in [2.24, 2.45) is 0 Å². The Balaban J connectivity index is 1.82. The van der Waals surface area contributed by atoms with Gasteiger partial charge in [-0.05, 0) is 25.1 Å². The van der Waals surface area contributed by atoms with Gasteiger partial charge >= 0.3 is 0 Å². The molecule has 0 spiro atoms. The van der Waals surface area contributed by atoms with Gasteiger partial charge in [0.15, 0.2) is 10.9 Å². The summed E-state index contributed by atoms with van der Waals surface area (Å²) in [6.07, 6.45) is 1.71. The van der Waals surface area contributed by atoms with Gasteiger partial charge in [-0.25, -0.2) is 15.0 Å². The molecule has 24 heavy (non-hydrogen) atoms. The van der Waals surface area contributed by atoms with E-state index in [1.54, 1.807) is 24.4 Å². The smallest absolute Gasteiger partial charge is 0.188 e. The van der Waals surface area contributed by atoms with Crippen molar-refractivity contribution in [1.82, 2.24) is 19.9 Å². The standard InChI is InChI=1S/C16H11Cl2N5S/c1-8-7-24-16(20-8)23-15-13-11(5-6-19-15)21-14(22-13)12-9(17)3-2-4-10(12)18/h2-7H,1H3,(H,21,22)(H,19,20,23). The lowest BCUT2D eigenvalue weighted by Crippen LogP contribution is -1.94. The number of nitrogens with zero attached hydrogens (tertiary/aromatic N) is 3. The number of pyridine rings is 1. The largest absolute Gasteiger partial charge is 0.338 e. The average Bonchev–Trinajstić information content (AvgIpc) is 3.14. The van der Waals surface area contributed by atoms with Crippen molar-refractivity contribution in [2.75, 3.05) is 5.32 Å². The van der Waals surface area contributed by atoms with Gasteiger partial charge in [-0.1, -0.05) is 29.3 Å². The number of anilines is 2. The first-order valence-corrected chi connectivity index (χ1v) is 8.73. The highest BCUT2D eigenvalue weighted by Crippen LogP contribution is 2.35. The number of imidazole rings is 1. The average molecular weight is 376 g/mol. The molecule has 8 heteroatoms. The van der Waals surface area contributed by atoms with Gasteiger partial charge in [0.1, 0.15) is 11.3 Å². The van der Waals surface area contributed by atoms with E-state index >= 15 is 0 Å². The van der Waals surface area contributed by atoms with Crippen molar-refractivity contribution in [3.05, 3.63) is 51.6 Å². The van der Waals surface area contributed by atoms with Crippen LogP contribution < -0.4 is 5.32 Å². The molecule has 4 aromatic rings. The zero-order valence-corrected chi connectivity index (χ0v) is 14.8. The van der Waals surface area contributed by atoms with Crippen molar-refractivity contribution < 1.29 is 0 Å². The van der Waals surface area contributed by atoms with E-state index in [0.717, 1.165) is 16.3 Å². The van der Waals surface area contributed by atoms with E-state index in [9.17, 15) is 0 Å². The minimum atomic E-state index is 0.541. The molecule has 3 aromatic heterocycles. The minimum Gasteiger partial charge on any atom is -0.338 e. The maximum absolute atomic E-state index is 6.28. The molecule has 1 aromatic carbocycles. The van der Waals surface area contributed by atoms with Crippen LogP contribution in [0.25, 0.3) is 22.4 Å². The molecule has 4 rings (SSSR count). The number of aryl methyl sites for hydroxylation is 1. The van der Waals surface area contributed by atoms with Gasteiger partial charge in [0.05, 0.1) is 26.8 Å². The fourth-order valence-corrected chi connectivity index (χ4v) is 3.65. The van der Waals surface area contributed by atoms with Gasteiger partial charge in [-0.2, -0.15) is 0 Å². The first-order valence-electron chi connectivity index (χ1n) is 7.10. The zero-order chi connectivity index (χ0) is 16.7. The number of fused-ring (bicyclic) bond motifs is 1. The number of halogens is 2. The molecule has 0 atom stereocenters. The highest BCUT2D eigenvalue weighted by atomic mass is 35.5. The third-order valence-electron chi connectivity index (χ3n) is 3.44. The molecule has 0 bridgehead atoms. The molecule has 3 heterocycles. The monoisotopic (exact) mass is 375 g/mol. The number of rotatable bonds is 3. The summed E-state index contributed by atoms with van der Waals surface area (Å²) in [7, 11) is 0. The number of hydrogen-bond acceptors (Lipinski definition) is 5. The SMILES string of the molecule is Cc1csc(Nc2nccc3[nH]c(-c4c(Cl)cccc4Cl)nc23)n1. The minimum absolute atomic E-state index is 0.541. The summed E-state index contributed by atoms with van der Waals surface area (Å²) in [4.78, 5) is 16.6. The summed E-state index contributed by atoms with van der Waals surface area (Å²) < 4.78 is 0. The Morgan fingerprint density at radius 2 is 1.92 bits per heavy atom. The molecule has 0 aliphatic rings. The molecule has 5 nitrogen and oxygen atoms in total. The molecule has 2 N–H and O–H groups in total. The zero-order valence-electron chi connectivity index (χ0n) is 12.5. The molecule has 0 unspecified atom stereocenters. The highest BCUT2D eigenvalue weighted by Gasteiger charge is 2.15. The van der Waals surface area contributed by atoms with E-state index < -0.39 is 0 Å². The molecule has 0 aliphatic heterocycles. The Kier molecular flexibility index (Phi) is 3.88. The van der Waals surface area contributed by atoms with Gasteiger partial charge in [-0.3, -0.25) is 0 Å². The van der Waals surface area contributed by atoms with Crippen LogP contribution in [0, 0.1) is 6.92 Å². The lowest BCUT2D eigenvalue weighted by Gasteiger charge is -2.02. The first kappa shape index (κ1) is 15.4. The third kappa shape index (κ3) is 2.73. The number of aromatic nitrogens is 4. The molecule has 0 fully saturated rings. The highest BCUT2D eigenvalue weighted by molar-refractivity contribution is 7.13. The molecule has 0 saturated carbocycles. The van der Waals surface area contributed by atoms with E-state index in [4.69, 9.17) is 23.2 Å². The Hall–Kier alpha value is -2.15. The number of benzene rings is 1. The van der Waals surface area contributed by atoms with E-state index in [0.29, 0.717) is 32.8 Å². The van der Waals surface area contributed by atoms with E-state index in [-0.39, 0.29) is 0 Å². The predicted octanol–water partition coefficient (Wildman–Crippen LogP) is 5.44. The quantitative estimate of drug-likeness (QED) is 0.500. The third-order valence-corrected chi connectivity index (χ3v) is 4.95. The first-order chi connectivity index (χ1) is 11.6. The second kappa shape index (κ2) is 6.05. The van der Waals surface area contributed by atoms with Crippen LogP contribution in [0.5, 0.6) is 0 Å². The Morgan fingerprint density at radius 1 is 1.12 bits per heavy atom. The van der Waals surface area contributed by atoms with E-state index in [2.05, 4.69) is 25.3 Å². The summed E-state index contributed by atoms with van der Waals surface area (Å²) in [5.41, 5.74) is 3.18. The number of hydrogen-bond donors (Lipinski definition) is 2. The number of thiazole rings is 1. The number of H-pyrrole nitrogens is 1. The Labute approximate surface area is 151 Å². The lowest BCUT2D eigenvalue weighted by molar-refractivity contribution is 1.24. The maximum atomic E-state index is 6.28. The Morgan fingerprint density at radius 3 is 2.62 bits per heavy atom. The van der Waals surface area contributed by atoms with Gasteiger partial charge in [0.25, 0.3) is 0 Å². The van der Waals surface area contributed by atoms with Crippen LogP contribution in [0.4, 0.5) is 10.9 Å². The van der Waals surface area contributed by atoms with Crippen LogP contribution >= 0.6 is 34.5 Å². The number of nitrogens with one attached hydrogen (secondary N) is 2. The van der Waals surface area contributed by atoms with Crippen molar-refractivity contribution >= 4 is 56.5 Å². The summed E-state index contributed by atoms with van der Waals surface area (Å²) >= 11 is 14.1. The van der Waals surface area contributed by atoms with Crippen LogP contribution in [0.1, 0.15) is 5.69 Å². The van der Waals surface area contributed by atoms with Crippen LogP contribution in [-0.4, -0.2) is 19.9 Å². The molecule has 120 valence electrons. The van der Waals surface area contributed by atoms with Gasteiger partial charge in [0.2, 0.25) is 0 Å². The Bertz CT molecular complexity index is 1020. The van der Waals surface area contributed by atoms with Gasteiger partial charge in [-0.15, -0.1) is 11.3 Å². The van der Waals surface area contributed by atoms with E-state index in [1.807, 2.05) is 18.4 Å². The second-order valence-electron chi connectivity index (χ2n) is 5.16. The molecule has 0 radical (unpaired) electrons. The summed E-state index contributed by atoms with van der Waals surface area (Å²) in [5.74, 6) is 1.24. The van der Waals surface area contributed by atoms with Crippen LogP contribution in [0.2, 0.25) is 10.0 Å². The van der Waals surface area contributed by atoms with Crippen molar-refractivity contribution in [3.63, 3.8) is 0 Å². The van der Waals surface area contributed by atoms with Crippen LogP contribution in [-0.2, 0) is 0 Å². The molecule has 0 aliphatic carbocycles. The van der Waals surface area contributed by atoms with Gasteiger partial charge in [0, 0.05) is 11.6 Å². The second-order valence-corrected chi connectivity index (χ2v) is 6.83. The van der Waals surface area contributed by atoms with Crippen molar-refractivity contribution in [2.45, 2.75) is 6.92 Å². The maximum Gasteiger partial charge on any atom is 0.188 e. The fourth-order valence-electron chi connectivity index (χ4n) is 2.38. The predicted molar refractivity (Wildman–Crippen MR) is 99.5 cm³/mol. The fraction of sp³-hybridized carbons (Fsp3) is 0.0625. The summed E-state index contributed by atoms with van der Waals surface area (Å²) in [5, 5.41) is 7.04. The summed E-state index contributed by atoms with van der Waals surface area (Å²) in [6, 6.07) is 7.22. The molecule has 0 amide bonds. The van der Waals surface area contributed by atoms with Crippen LogP contribution in [0.3, 0.4) is 0 Å². The normalized spacial score (nSPS) is 11.1. The molecular weight excluding hydrogens is 365 g/mol. The molecule has 0 saturated heterocycles. The lowest BCUT2D eigenvalue weighted by atomic mass is 10.2. The van der Waals surface area contributed by atoms with Crippen molar-refractivity contribution in [1.29, 1.82) is 0 Å². The van der Waals surface area contributed by atoms with Crippen LogP contribution in [0.15, 0.2) is 35.8 Å². The van der Waals surface area contributed by atoms with E-state index in [1.165, 1.54) is 11.3 Å². The van der Waals surface area contributed by atoms with Gasteiger partial charge < -0.3 is 10.3 Å². The topological polar surface area (TPSA) is 66.5 Å². The summed E-state index contributed by atoms with van der Waals surface area (Å²) in [6.45, 7) is 1.95. The number of aromatic amines is 1. The molecular formula is C16H11Cl2N5S. The van der Waals surface area contributed by atoms with Crippen molar-refractivity contribution in [3.8, 4) is 11.4 Å².